The fourth-order valence-electron chi connectivity index (χ4n) is 4.46. The van der Waals surface area contributed by atoms with Gasteiger partial charge in [0, 0.05) is 30.6 Å². The van der Waals surface area contributed by atoms with E-state index in [4.69, 9.17) is 4.74 Å². The summed E-state index contributed by atoms with van der Waals surface area (Å²) in [5, 5.41) is 2.99. The minimum absolute atomic E-state index is 0.0248. The lowest BCUT2D eigenvalue weighted by Crippen LogP contribution is -2.41. The van der Waals surface area contributed by atoms with Gasteiger partial charge in [-0.15, -0.1) is 0 Å². The second-order valence-electron chi connectivity index (χ2n) is 8.04. The average molecular weight is 392 g/mol. The van der Waals surface area contributed by atoms with Crippen LogP contribution in [-0.4, -0.2) is 30.4 Å². The summed E-state index contributed by atoms with van der Waals surface area (Å²) in [5.41, 5.74) is 3.40. The highest BCUT2D eigenvalue weighted by atomic mass is 16.5. The van der Waals surface area contributed by atoms with Crippen LogP contribution in [0, 0.1) is 11.8 Å². The highest BCUT2D eigenvalue weighted by Crippen LogP contribution is 2.32. The van der Waals surface area contributed by atoms with Crippen molar-refractivity contribution in [2.45, 2.75) is 38.6 Å². The highest BCUT2D eigenvalue weighted by Gasteiger charge is 2.33. The quantitative estimate of drug-likeness (QED) is 0.855. The van der Waals surface area contributed by atoms with E-state index in [1.165, 1.54) is 11.1 Å². The number of fused-ring (bicyclic) bond motifs is 1. The Morgan fingerprint density at radius 1 is 0.931 bits per heavy atom. The molecule has 0 atom stereocenters. The minimum Gasteiger partial charge on any atom is -0.497 e. The summed E-state index contributed by atoms with van der Waals surface area (Å²) in [4.78, 5) is 27.6. The molecule has 4 rings (SSSR count). The number of carbonyl (C=O) groups excluding carboxylic acids is 2. The molecule has 0 radical (unpaired) electrons. The van der Waals surface area contributed by atoms with Crippen molar-refractivity contribution >= 4 is 17.5 Å². The maximum Gasteiger partial charge on any atom is 0.227 e. The molecule has 2 aliphatic rings. The molecule has 2 aromatic carbocycles. The van der Waals surface area contributed by atoms with Gasteiger partial charge in [-0.3, -0.25) is 9.59 Å². The third-order valence-electron chi connectivity index (χ3n) is 6.25. The van der Waals surface area contributed by atoms with Gasteiger partial charge in [-0.1, -0.05) is 24.3 Å². The predicted octanol–water partition coefficient (Wildman–Crippen LogP) is 4.03. The maximum atomic E-state index is 13.0. The van der Waals surface area contributed by atoms with Crippen molar-refractivity contribution < 1.29 is 14.3 Å². The van der Waals surface area contributed by atoms with Crippen LogP contribution in [0.25, 0.3) is 0 Å². The van der Waals surface area contributed by atoms with Gasteiger partial charge >= 0.3 is 0 Å². The molecule has 0 spiro atoms. The molecule has 0 saturated heterocycles. The number of ether oxygens (including phenoxy) is 1. The Hall–Kier alpha value is -2.82. The van der Waals surface area contributed by atoms with E-state index in [1.54, 1.807) is 7.11 Å². The number of hydrogen-bond acceptors (Lipinski definition) is 3. The minimum atomic E-state index is -0.0248. The van der Waals surface area contributed by atoms with Gasteiger partial charge in [0.05, 0.1) is 7.11 Å². The molecule has 1 heterocycles. The van der Waals surface area contributed by atoms with E-state index in [0.29, 0.717) is 6.54 Å². The number of nitrogens with one attached hydrogen (secondary N) is 1. The van der Waals surface area contributed by atoms with Gasteiger partial charge in [0.2, 0.25) is 11.8 Å². The van der Waals surface area contributed by atoms with Crippen molar-refractivity contribution in [2.75, 3.05) is 19.0 Å². The number of amides is 2. The van der Waals surface area contributed by atoms with Crippen LogP contribution in [0.2, 0.25) is 0 Å². The molecular formula is C24H28N2O3. The monoisotopic (exact) mass is 392 g/mol. The van der Waals surface area contributed by atoms with E-state index in [1.807, 2.05) is 35.2 Å². The Morgan fingerprint density at radius 2 is 1.59 bits per heavy atom. The fourth-order valence-corrected chi connectivity index (χ4v) is 4.46. The Labute approximate surface area is 172 Å². The molecule has 152 valence electrons. The van der Waals surface area contributed by atoms with Gasteiger partial charge in [0.15, 0.2) is 0 Å². The van der Waals surface area contributed by atoms with Gasteiger partial charge < -0.3 is 15.0 Å². The van der Waals surface area contributed by atoms with E-state index in [9.17, 15) is 9.59 Å². The second kappa shape index (κ2) is 8.68. The van der Waals surface area contributed by atoms with Crippen molar-refractivity contribution in [2.24, 2.45) is 11.8 Å². The third-order valence-corrected chi connectivity index (χ3v) is 6.25. The lowest BCUT2D eigenvalue weighted by atomic mass is 9.80. The molecule has 1 aliphatic carbocycles. The Balaban J connectivity index is 1.28. The number of methoxy groups -OCH3 is 1. The molecule has 1 N–H and O–H groups in total. The standard InChI is InChI=1S/C24H28N2O3/c1-29-22-12-10-21(11-13-22)25-23(27)18-6-8-19(9-7-18)24(28)26-15-14-17-4-2-3-5-20(17)16-26/h2-5,10-13,18-19H,6-9,14-16H2,1H3,(H,25,27). The van der Waals surface area contributed by atoms with E-state index in [0.717, 1.165) is 50.1 Å². The van der Waals surface area contributed by atoms with Gasteiger partial charge in [-0.25, -0.2) is 0 Å². The lowest BCUT2D eigenvalue weighted by Gasteiger charge is -2.34. The van der Waals surface area contributed by atoms with Crippen molar-refractivity contribution in [3.63, 3.8) is 0 Å². The van der Waals surface area contributed by atoms with Crippen LogP contribution in [0.15, 0.2) is 48.5 Å². The molecule has 0 unspecified atom stereocenters. The zero-order chi connectivity index (χ0) is 20.2. The summed E-state index contributed by atoms with van der Waals surface area (Å²) in [5.74, 6) is 1.09. The molecule has 2 amide bonds. The summed E-state index contributed by atoms with van der Waals surface area (Å²) < 4.78 is 5.15. The molecule has 2 aromatic rings. The lowest BCUT2D eigenvalue weighted by molar-refractivity contribution is -0.138. The van der Waals surface area contributed by atoms with Crippen LogP contribution in [0.5, 0.6) is 5.75 Å². The van der Waals surface area contributed by atoms with Crippen LogP contribution in [0.1, 0.15) is 36.8 Å². The summed E-state index contributed by atoms with van der Waals surface area (Å²) in [6.45, 7) is 1.51. The van der Waals surface area contributed by atoms with Crippen LogP contribution in [0.3, 0.4) is 0 Å². The first-order chi connectivity index (χ1) is 14.1. The smallest absolute Gasteiger partial charge is 0.227 e. The number of nitrogens with zero attached hydrogens (tertiary/aromatic N) is 1. The van der Waals surface area contributed by atoms with Crippen LogP contribution in [0.4, 0.5) is 5.69 Å². The van der Waals surface area contributed by atoms with Gasteiger partial charge in [-0.2, -0.15) is 0 Å². The first-order valence-electron chi connectivity index (χ1n) is 10.4. The van der Waals surface area contributed by atoms with E-state index in [2.05, 4.69) is 23.5 Å². The Kier molecular flexibility index (Phi) is 5.84. The number of carbonyl (C=O) groups is 2. The molecule has 0 bridgehead atoms. The van der Waals surface area contributed by atoms with E-state index >= 15 is 0 Å². The van der Waals surface area contributed by atoms with Crippen molar-refractivity contribution in [3.05, 3.63) is 59.7 Å². The van der Waals surface area contributed by atoms with E-state index < -0.39 is 0 Å². The molecule has 1 aliphatic heterocycles. The Bertz CT molecular complexity index is 870. The largest absolute Gasteiger partial charge is 0.497 e. The molecule has 1 saturated carbocycles. The normalized spacial score (nSPS) is 21.2. The second-order valence-corrected chi connectivity index (χ2v) is 8.04. The molecule has 29 heavy (non-hydrogen) atoms. The summed E-state index contributed by atoms with van der Waals surface area (Å²) in [6, 6.07) is 15.7. The van der Waals surface area contributed by atoms with Gasteiger partial charge in [0.1, 0.15) is 5.75 Å². The van der Waals surface area contributed by atoms with Crippen molar-refractivity contribution in [1.29, 1.82) is 0 Å². The van der Waals surface area contributed by atoms with Crippen LogP contribution in [-0.2, 0) is 22.6 Å². The van der Waals surface area contributed by atoms with Crippen molar-refractivity contribution in [1.82, 2.24) is 4.90 Å². The number of hydrogen-bond donors (Lipinski definition) is 1. The molecule has 5 heteroatoms. The SMILES string of the molecule is COc1ccc(NC(=O)C2CCC(C(=O)N3CCc4ccccc4C3)CC2)cc1. The van der Waals surface area contributed by atoms with Gasteiger partial charge in [0.25, 0.3) is 0 Å². The number of benzene rings is 2. The van der Waals surface area contributed by atoms with E-state index in [-0.39, 0.29) is 23.7 Å². The van der Waals surface area contributed by atoms with Gasteiger partial charge in [-0.05, 0) is 67.5 Å². The summed E-state index contributed by atoms with van der Waals surface area (Å²) in [6.07, 6.45) is 4.04. The number of rotatable bonds is 4. The Morgan fingerprint density at radius 3 is 2.28 bits per heavy atom. The third kappa shape index (κ3) is 4.44. The molecular weight excluding hydrogens is 364 g/mol. The summed E-state index contributed by atoms with van der Waals surface area (Å²) in [7, 11) is 1.62. The maximum absolute atomic E-state index is 13.0. The summed E-state index contributed by atoms with van der Waals surface area (Å²) >= 11 is 0. The zero-order valence-corrected chi connectivity index (χ0v) is 16.9. The fraction of sp³-hybridized carbons (Fsp3) is 0.417. The molecule has 1 fully saturated rings. The first kappa shape index (κ1) is 19.5. The highest BCUT2D eigenvalue weighted by molar-refractivity contribution is 5.92. The molecule has 0 aromatic heterocycles. The topological polar surface area (TPSA) is 58.6 Å². The number of anilines is 1. The van der Waals surface area contributed by atoms with Crippen molar-refractivity contribution in [3.8, 4) is 5.75 Å². The molecule has 5 nitrogen and oxygen atoms in total. The first-order valence-corrected chi connectivity index (χ1v) is 10.4. The predicted molar refractivity (Wildman–Crippen MR) is 113 cm³/mol. The zero-order valence-electron chi connectivity index (χ0n) is 16.9. The van der Waals surface area contributed by atoms with Crippen LogP contribution < -0.4 is 10.1 Å². The van der Waals surface area contributed by atoms with Crippen LogP contribution >= 0.6 is 0 Å². The average Bonchev–Trinajstić information content (AvgIpc) is 2.79.